The van der Waals surface area contributed by atoms with E-state index in [2.05, 4.69) is 27.4 Å². The van der Waals surface area contributed by atoms with Crippen molar-refractivity contribution < 1.29 is 174 Å². The van der Waals surface area contributed by atoms with Crippen molar-refractivity contribution in [2.45, 2.75) is 333 Å². The van der Waals surface area contributed by atoms with Gasteiger partial charge in [0.2, 0.25) is 0 Å². The summed E-state index contributed by atoms with van der Waals surface area (Å²) in [5, 5.41) is 231. The van der Waals surface area contributed by atoms with Crippen molar-refractivity contribution in [1.82, 2.24) is 0 Å². The van der Waals surface area contributed by atoms with E-state index in [4.69, 9.17) is 66.3 Å². The van der Waals surface area contributed by atoms with E-state index < -0.39 is 264 Å². The lowest BCUT2D eigenvalue weighted by atomic mass is 9.32. The molecule has 21 N–H and O–H groups in total. The summed E-state index contributed by atoms with van der Waals surface area (Å²) in [6.45, 7) is 14.5. The molecule has 0 bridgehead atoms. The third-order valence-corrected chi connectivity index (χ3v) is 27.5. The molecule has 12 aliphatic rings. The Labute approximate surface area is 607 Å². The average molecular weight is 1520 g/mol. The predicted molar refractivity (Wildman–Crippen MR) is 349 cm³/mol. The largest absolute Gasteiger partial charge is 0.396 e. The maximum absolute atomic E-state index is 12.4. The van der Waals surface area contributed by atoms with E-state index in [1.54, 1.807) is 0 Å². The van der Waals surface area contributed by atoms with Crippen LogP contribution >= 0.6 is 0 Å². The molecule has 7 aliphatic heterocycles. The van der Waals surface area contributed by atoms with Gasteiger partial charge in [-0.15, -0.1) is 0 Å². The summed E-state index contributed by atoms with van der Waals surface area (Å²) in [6, 6.07) is 0. The van der Waals surface area contributed by atoms with Crippen molar-refractivity contribution in [2.75, 3.05) is 39.6 Å². The molecule has 606 valence electrons. The van der Waals surface area contributed by atoms with E-state index >= 15 is 0 Å². The summed E-state index contributed by atoms with van der Waals surface area (Å²) in [4.78, 5) is 0. The number of allylic oxidation sites excluding steroid dienone is 1. The first kappa shape index (κ1) is 82.8. The van der Waals surface area contributed by atoms with Crippen LogP contribution in [0.5, 0.6) is 0 Å². The zero-order valence-electron chi connectivity index (χ0n) is 60.2. The van der Waals surface area contributed by atoms with Crippen LogP contribution in [0.3, 0.4) is 0 Å². The Kier molecular flexibility index (Phi) is 25.2. The minimum atomic E-state index is -2.02. The Morgan fingerprint density at radius 1 is 0.410 bits per heavy atom. The minimum absolute atomic E-state index is 0.0235. The van der Waals surface area contributed by atoms with Crippen LogP contribution in [-0.4, -0.2) is 367 Å². The fraction of sp³-hybridized carbons (Fsp3) is 0.971. The molecule has 7 heterocycles. The molecule has 0 aromatic carbocycles. The summed E-state index contributed by atoms with van der Waals surface area (Å²) in [6.07, 6.45) is -50.8. The fourth-order valence-electron chi connectivity index (χ4n) is 21.2. The highest BCUT2D eigenvalue weighted by Gasteiger charge is 2.73. The van der Waals surface area contributed by atoms with Crippen molar-refractivity contribution in [1.29, 1.82) is 0 Å². The molecule has 12 fully saturated rings. The molecule has 5 saturated carbocycles. The summed E-state index contributed by atoms with van der Waals surface area (Å²) in [7, 11) is 0. The van der Waals surface area contributed by atoms with Gasteiger partial charge in [0.1, 0.15) is 153 Å². The predicted octanol–water partition coefficient (Wildman–Crippen LogP) is -6.81. The van der Waals surface area contributed by atoms with Crippen molar-refractivity contribution >= 4 is 0 Å². The number of hydrogen-bond donors (Lipinski definition) is 21. The lowest BCUT2D eigenvalue weighted by Gasteiger charge is -2.73. The molecule has 0 spiro atoms. The van der Waals surface area contributed by atoms with Crippen molar-refractivity contribution in [3.05, 3.63) is 12.2 Å². The second kappa shape index (κ2) is 32.0. The first-order chi connectivity index (χ1) is 49.5. The van der Waals surface area contributed by atoms with E-state index in [0.29, 0.717) is 44.9 Å². The normalized spacial score (nSPS) is 56.8. The smallest absolute Gasteiger partial charge is 0.187 e. The van der Waals surface area contributed by atoms with Gasteiger partial charge in [0.15, 0.2) is 44.0 Å². The standard InChI is InChI=1S/C70H116O35/c1-25(2)28-11-16-70(105-64-53(89)47(83)42(78)33(100-64)22-92-59-54(90)48(84)56(31(20-72)97-59)102-60-50(86)44(80)39(75)26(3)94-60)18-17-68(7)29(38(28)70)9-10-36-66(5)14-13-37(67(6,24-74)35(66)12-15-69(36,68)8)101-65-58(104-61-51(87)45(81)40(76)27(4)95-61)43(79)34(23-93-65)99-62-55(91)49(85)57(32(21-73)98-62)103-63-52(88)46(82)41(77)30(19-71)96-63/h26-65,71-91H,1,9-24H2,2-8H3. The highest BCUT2D eigenvalue weighted by atomic mass is 16.8. The highest BCUT2D eigenvalue weighted by Crippen LogP contribution is 2.77. The topological polar surface area (TPSA) is 554 Å². The molecule has 0 amide bonds. The van der Waals surface area contributed by atoms with Gasteiger partial charge < -0.3 is 174 Å². The highest BCUT2D eigenvalue weighted by molar-refractivity contribution is 5.23. The van der Waals surface area contributed by atoms with Crippen LogP contribution in [0.15, 0.2) is 12.2 Å². The van der Waals surface area contributed by atoms with Crippen LogP contribution in [0.1, 0.15) is 113 Å². The van der Waals surface area contributed by atoms with Crippen LogP contribution < -0.4 is 0 Å². The summed E-state index contributed by atoms with van der Waals surface area (Å²) in [5.41, 5.74) is -1.97. The lowest BCUT2D eigenvalue weighted by molar-refractivity contribution is -0.389. The van der Waals surface area contributed by atoms with Gasteiger partial charge in [-0.1, -0.05) is 39.8 Å². The Hall–Kier alpha value is -1.66. The van der Waals surface area contributed by atoms with E-state index in [0.717, 1.165) is 24.8 Å². The van der Waals surface area contributed by atoms with E-state index in [1.807, 2.05) is 13.8 Å². The molecule has 0 aromatic heterocycles. The average Bonchev–Trinajstić information content (AvgIpc) is 1.66. The SMILES string of the molecule is C=C(C)C1CCC2(OC3OC(COC4OC(CO)C(OC5OC(C)C(O)C(O)C5O)C(O)C4O)C(O)C(O)C3O)CCC3(C)C(CCC4C5(C)CCC(OC6OCC(OC7OC(CO)C(OC8OC(CO)C(O)C(O)C8O)C(O)C7O)C(O)C6OC6OC(C)C(O)C(O)C6O)C(C)(CO)C5CCC43C)C12. The molecule has 35 nitrogen and oxygen atoms in total. The molecule has 35 heteroatoms. The molecule has 7 saturated heterocycles. The van der Waals surface area contributed by atoms with E-state index in [-0.39, 0.29) is 47.0 Å². The zero-order valence-corrected chi connectivity index (χ0v) is 60.2. The molecular formula is C70H116O35. The zero-order chi connectivity index (χ0) is 76.4. The Morgan fingerprint density at radius 3 is 1.46 bits per heavy atom. The number of fused-ring (bicyclic) bond motifs is 7. The van der Waals surface area contributed by atoms with Gasteiger partial charge >= 0.3 is 0 Å². The first-order valence-electron chi connectivity index (χ1n) is 37.3. The maximum Gasteiger partial charge on any atom is 0.187 e. The number of aliphatic hydroxyl groups is 21. The van der Waals surface area contributed by atoms with E-state index in [9.17, 15) is 107 Å². The number of aliphatic hydroxyl groups excluding tert-OH is 21. The van der Waals surface area contributed by atoms with Gasteiger partial charge in [0.25, 0.3) is 0 Å². The maximum atomic E-state index is 12.4. The Morgan fingerprint density at radius 2 is 0.895 bits per heavy atom. The molecule has 105 heavy (non-hydrogen) atoms. The second-order valence-corrected chi connectivity index (χ2v) is 33.2. The van der Waals surface area contributed by atoms with Crippen molar-refractivity contribution in [3.63, 3.8) is 0 Å². The van der Waals surface area contributed by atoms with Crippen LogP contribution in [0, 0.1) is 51.2 Å². The molecular weight excluding hydrogens is 1400 g/mol. The summed E-state index contributed by atoms with van der Waals surface area (Å²) < 4.78 is 85.2. The summed E-state index contributed by atoms with van der Waals surface area (Å²) >= 11 is 0. The number of hydrogen-bond acceptors (Lipinski definition) is 35. The monoisotopic (exact) mass is 1520 g/mol. The molecule has 0 radical (unpaired) electrons. The van der Waals surface area contributed by atoms with Gasteiger partial charge in [0.05, 0.1) is 63.6 Å². The van der Waals surface area contributed by atoms with Gasteiger partial charge in [-0.25, -0.2) is 0 Å². The van der Waals surface area contributed by atoms with Gasteiger partial charge in [0, 0.05) is 5.41 Å². The lowest BCUT2D eigenvalue weighted by Crippen LogP contribution is -2.69. The third kappa shape index (κ3) is 14.4. The molecule has 0 aromatic rings. The third-order valence-electron chi connectivity index (χ3n) is 27.5. The fourth-order valence-corrected chi connectivity index (χ4v) is 21.2. The van der Waals surface area contributed by atoms with Gasteiger partial charge in [-0.05, 0) is 131 Å². The number of ether oxygens (including phenoxy) is 14. The Bertz CT molecular complexity index is 2890. The van der Waals surface area contributed by atoms with Crippen molar-refractivity contribution in [3.8, 4) is 0 Å². The quantitative estimate of drug-likeness (QED) is 0.0398. The van der Waals surface area contributed by atoms with Crippen LogP contribution in [0.2, 0.25) is 0 Å². The molecule has 45 unspecified atom stereocenters. The van der Waals surface area contributed by atoms with Crippen molar-refractivity contribution in [2.24, 2.45) is 51.2 Å². The molecule has 45 atom stereocenters. The van der Waals surface area contributed by atoms with Gasteiger partial charge in [-0.2, -0.15) is 0 Å². The van der Waals surface area contributed by atoms with Crippen LogP contribution in [-0.2, 0) is 66.3 Å². The van der Waals surface area contributed by atoms with Crippen LogP contribution in [0.4, 0.5) is 0 Å². The first-order valence-corrected chi connectivity index (χ1v) is 37.3. The Balaban J connectivity index is 0.728. The van der Waals surface area contributed by atoms with Gasteiger partial charge in [-0.3, -0.25) is 0 Å². The second-order valence-electron chi connectivity index (χ2n) is 33.2. The molecule has 5 aliphatic carbocycles. The summed E-state index contributed by atoms with van der Waals surface area (Å²) in [5.74, 6) is -0.202. The number of rotatable bonds is 20. The van der Waals surface area contributed by atoms with Crippen LogP contribution in [0.25, 0.3) is 0 Å². The van der Waals surface area contributed by atoms with E-state index in [1.165, 1.54) is 13.8 Å². The minimum Gasteiger partial charge on any atom is -0.396 e. The molecule has 12 rings (SSSR count).